The third-order valence-corrected chi connectivity index (χ3v) is 5.05. The van der Waals surface area contributed by atoms with Crippen LogP contribution in [0.2, 0.25) is 0 Å². The largest absolute Gasteiger partial charge is 0.444 e. The second kappa shape index (κ2) is 6.39. The van der Waals surface area contributed by atoms with Gasteiger partial charge in [-0.25, -0.2) is 0 Å². The molecule has 0 N–H and O–H groups in total. The Balaban J connectivity index is 1.60. The van der Waals surface area contributed by atoms with Crippen molar-refractivity contribution < 1.29 is 13.7 Å². The van der Waals surface area contributed by atoms with E-state index in [2.05, 4.69) is 45.1 Å². The molecular formula is C19H18BrN3O3. The standard InChI is InChI=1S/C19H18BrN3O3/c1-10-6-11(2)17(12(3)7-10)23-9-13(8-16(23)24)18-21-19(26-22-18)14-4-5-15(20)25-14/h4-7,13H,8-9H2,1-3H3. The molecule has 6 nitrogen and oxygen atoms in total. The zero-order chi connectivity index (χ0) is 18.4. The third kappa shape index (κ3) is 2.96. The van der Waals surface area contributed by atoms with Crippen LogP contribution >= 0.6 is 15.9 Å². The summed E-state index contributed by atoms with van der Waals surface area (Å²) in [4.78, 5) is 18.9. The van der Waals surface area contributed by atoms with Gasteiger partial charge in [0.25, 0.3) is 5.89 Å². The van der Waals surface area contributed by atoms with Crippen molar-refractivity contribution >= 4 is 27.5 Å². The first-order chi connectivity index (χ1) is 12.4. The lowest BCUT2D eigenvalue weighted by molar-refractivity contribution is -0.117. The molecule has 7 heteroatoms. The molecule has 1 saturated heterocycles. The number of aromatic nitrogens is 2. The minimum atomic E-state index is -0.0986. The first kappa shape index (κ1) is 17.0. The molecule has 1 aliphatic rings. The number of nitrogens with zero attached hydrogens (tertiary/aromatic N) is 3. The maximum Gasteiger partial charge on any atom is 0.293 e. The number of furan rings is 1. The molecule has 1 unspecified atom stereocenters. The van der Waals surface area contributed by atoms with Crippen molar-refractivity contribution in [2.45, 2.75) is 33.1 Å². The van der Waals surface area contributed by atoms with Crippen molar-refractivity contribution in [1.29, 1.82) is 0 Å². The molecule has 0 saturated carbocycles. The van der Waals surface area contributed by atoms with Crippen LogP contribution in [0.4, 0.5) is 5.69 Å². The first-order valence-corrected chi connectivity index (χ1v) is 9.19. The SMILES string of the molecule is Cc1cc(C)c(N2CC(c3noc(-c4ccc(Br)o4)n3)CC2=O)c(C)c1. The van der Waals surface area contributed by atoms with Gasteiger partial charge in [0.15, 0.2) is 16.3 Å². The van der Waals surface area contributed by atoms with Gasteiger partial charge in [0.2, 0.25) is 5.91 Å². The minimum Gasteiger partial charge on any atom is -0.444 e. The smallest absolute Gasteiger partial charge is 0.293 e. The Morgan fingerprint density at radius 3 is 2.58 bits per heavy atom. The van der Waals surface area contributed by atoms with E-state index in [1.807, 2.05) is 18.7 Å². The number of rotatable bonds is 3. The highest BCUT2D eigenvalue weighted by Gasteiger charge is 2.36. The molecule has 1 atom stereocenters. The summed E-state index contributed by atoms with van der Waals surface area (Å²) in [7, 11) is 0. The van der Waals surface area contributed by atoms with E-state index in [4.69, 9.17) is 8.94 Å². The van der Waals surface area contributed by atoms with Crippen LogP contribution in [0.5, 0.6) is 0 Å². The Morgan fingerprint density at radius 2 is 1.92 bits per heavy atom. The fraction of sp³-hybridized carbons (Fsp3) is 0.316. The molecule has 0 aliphatic carbocycles. The molecule has 1 fully saturated rings. The van der Waals surface area contributed by atoms with Gasteiger partial charge in [0.1, 0.15) is 0 Å². The summed E-state index contributed by atoms with van der Waals surface area (Å²) in [5.41, 5.74) is 4.39. The molecule has 1 aliphatic heterocycles. The molecule has 3 heterocycles. The topological polar surface area (TPSA) is 72.4 Å². The predicted molar refractivity (Wildman–Crippen MR) is 100 cm³/mol. The number of anilines is 1. The van der Waals surface area contributed by atoms with E-state index in [1.54, 1.807) is 12.1 Å². The zero-order valence-corrected chi connectivity index (χ0v) is 16.3. The Labute approximate surface area is 159 Å². The van der Waals surface area contributed by atoms with Gasteiger partial charge in [-0.1, -0.05) is 22.9 Å². The first-order valence-electron chi connectivity index (χ1n) is 8.40. The molecule has 1 amide bonds. The van der Waals surface area contributed by atoms with Crippen LogP contribution in [-0.2, 0) is 4.79 Å². The maximum absolute atomic E-state index is 12.6. The second-order valence-electron chi connectivity index (χ2n) is 6.71. The van der Waals surface area contributed by atoms with Crippen LogP contribution in [0.15, 0.2) is 37.9 Å². The summed E-state index contributed by atoms with van der Waals surface area (Å²) in [5, 5.41) is 4.07. The molecule has 26 heavy (non-hydrogen) atoms. The molecular weight excluding hydrogens is 398 g/mol. The average Bonchev–Trinajstić information content (AvgIpc) is 3.26. The maximum atomic E-state index is 12.6. The molecule has 0 spiro atoms. The van der Waals surface area contributed by atoms with Gasteiger partial charge in [-0.2, -0.15) is 4.98 Å². The van der Waals surface area contributed by atoms with Crippen LogP contribution in [0.1, 0.15) is 34.9 Å². The highest BCUT2D eigenvalue weighted by Crippen LogP contribution is 2.35. The fourth-order valence-electron chi connectivity index (χ4n) is 3.62. The fourth-order valence-corrected chi connectivity index (χ4v) is 3.93. The van der Waals surface area contributed by atoms with Gasteiger partial charge in [-0.05, 0) is 60.0 Å². The minimum absolute atomic E-state index is 0.0807. The number of hydrogen-bond acceptors (Lipinski definition) is 5. The lowest BCUT2D eigenvalue weighted by Gasteiger charge is -2.22. The Hall–Kier alpha value is -2.41. The van der Waals surface area contributed by atoms with Crippen molar-refractivity contribution in [3.63, 3.8) is 0 Å². The van der Waals surface area contributed by atoms with Crippen molar-refractivity contribution in [1.82, 2.24) is 10.1 Å². The van der Waals surface area contributed by atoms with Crippen LogP contribution in [-0.4, -0.2) is 22.6 Å². The van der Waals surface area contributed by atoms with Crippen LogP contribution in [0, 0.1) is 20.8 Å². The second-order valence-corrected chi connectivity index (χ2v) is 7.50. The normalized spacial score (nSPS) is 17.3. The lowest BCUT2D eigenvalue weighted by Crippen LogP contribution is -2.26. The van der Waals surface area contributed by atoms with Crippen molar-refractivity contribution in [2.24, 2.45) is 0 Å². The highest BCUT2D eigenvalue weighted by molar-refractivity contribution is 9.10. The van der Waals surface area contributed by atoms with E-state index >= 15 is 0 Å². The molecule has 0 bridgehead atoms. The van der Waals surface area contributed by atoms with Gasteiger partial charge in [-0.15, -0.1) is 0 Å². The summed E-state index contributed by atoms with van der Waals surface area (Å²) < 4.78 is 11.4. The predicted octanol–water partition coefficient (Wildman–Crippen LogP) is 4.54. The lowest BCUT2D eigenvalue weighted by atomic mass is 10.0. The van der Waals surface area contributed by atoms with Crippen LogP contribution < -0.4 is 4.90 Å². The molecule has 1 aromatic carbocycles. The third-order valence-electron chi connectivity index (χ3n) is 4.62. The van der Waals surface area contributed by atoms with Crippen molar-refractivity contribution in [3.05, 3.63) is 51.4 Å². The number of amides is 1. The molecule has 134 valence electrons. The summed E-state index contributed by atoms with van der Waals surface area (Å²) in [5.74, 6) is 1.34. The number of benzene rings is 1. The highest BCUT2D eigenvalue weighted by atomic mass is 79.9. The van der Waals surface area contributed by atoms with E-state index in [0.717, 1.165) is 16.8 Å². The van der Waals surface area contributed by atoms with E-state index in [-0.39, 0.29) is 11.8 Å². The van der Waals surface area contributed by atoms with Gasteiger partial charge in [0, 0.05) is 24.6 Å². The average molecular weight is 416 g/mol. The summed E-state index contributed by atoms with van der Waals surface area (Å²) >= 11 is 3.25. The van der Waals surface area contributed by atoms with E-state index in [1.165, 1.54) is 5.56 Å². The zero-order valence-electron chi connectivity index (χ0n) is 14.7. The molecule has 4 rings (SSSR count). The van der Waals surface area contributed by atoms with Gasteiger partial charge >= 0.3 is 0 Å². The number of carbonyl (C=O) groups excluding carboxylic acids is 1. The van der Waals surface area contributed by atoms with Crippen LogP contribution in [0.25, 0.3) is 11.7 Å². The Bertz CT molecular complexity index is 969. The Kier molecular flexibility index (Phi) is 4.19. The van der Waals surface area contributed by atoms with Crippen LogP contribution in [0.3, 0.4) is 0 Å². The monoisotopic (exact) mass is 415 g/mol. The van der Waals surface area contributed by atoms with E-state index in [0.29, 0.717) is 35.1 Å². The van der Waals surface area contributed by atoms with Crippen molar-refractivity contribution in [2.75, 3.05) is 11.4 Å². The van der Waals surface area contributed by atoms with Gasteiger partial charge < -0.3 is 13.8 Å². The summed E-state index contributed by atoms with van der Waals surface area (Å²) in [6, 6.07) is 7.73. The Morgan fingerprint density at radius 1 is 1.19 bits per heavy atom. The molecule has 2 aromatic heterocycles. The van der Waals surface area contributed by atoms with Gasteiger partial charge in [0.05, 0.1) is 0 Å². The molecule has 3 aromatic rings. The van der Waals surface area contributed by atoms with Gasteiger partial charge in [-0.3, -0.25) is 4.79 Å². The number of aryl methyl sites for hydroxylation is 3. The van der Waals surface area contributed by atoms with E-state index in [9.17, 15) is 4.79 Å². The number of hydrogen-bond donors (Lipinski definition) is 0. The summed E-state index contributed by atoms with van der Waals surface area (Å²) in [6.07, 6.45) is 0.369. The number of halogens is 1. The van der Waals surface area contributed by atoms with Crippen molar-refractivity contribution in [3.8, 4) is 11.7 Å². The van der Waals surface area contributed by atoms with E-state index < -0.39 is 0 Å². The quantitative estimate of drug-likeness (QED) is 0.627. The number of carbonyl (C=O) groups is 1. The molecule has 0 radical (unpaired) electrons. The summed E-state index contributed by atoms with van der Waals surface area (Å²) in [6.45, 7) is 6.69.